The van der Waals surface area contributed by atoms with Gasteiger partial charge in [-0.2, -0.15) is 0 Å². The van der Waals surface area contributed by atoms with Gasteiger partial charge >= 0.3 is 5.97 Å². The maximum absolute atomic E-state index is 17.2. The summed E-state index contributed by atoms with van der Waals surface area (Å²) >= 11 is 0.408. The molecule has 0 amide bonds. The average Bonchev–Trinajstić information content (AvgIpc) is 2.97. The van der Waals surface area contributed by atoms with Crippen LogP contribution in [0.25, 0.3) is 0 Å². The van der Waals surface area contributed by atoms with Gasteiger partial charge in [0.2, 0.25) is 10.7 Å². The van der Waals surface area contributed by atoms with Crippen molar-refractivity contribution < 1.29 is 33.0 Å². The van der Waals surface area contributed by atoms with Gasteiger partial charge in [-0.3, -0.25) is 14.4 Å². The van der Waals surface area contributed by atoms with Crippen LogP contribution in [0.2, 0.25) is 0 Å². The molecule has 0 aliphatic heterocycles. The molecular formula is C25H30F2O5S. The van der Waals surface area contributed by atoms with E-state index in [-0.39, 0.29) is 25.0 Å². The third-order valence-corrected chi connectivity index (χ3v) is 9.49. The SMILES string of the molecule is C=C1CC2C3CCC4=CC(=O)C=C[C@]4(C)[C@@]3(F)[C@@H](O)C[C@]2(C)[C@@]1(OC(=O)CC)C(=O)SCF. The Bertz CT molecular complexity index is 991. The number of allylic oxidation sites excluding steroid dienone is 4. The Labute approximate surface area is 196 Å². The molecule has 180 valence electrons. The van der Waals surface area contributed by atoms with Crippen molar-refractivity contribution in [2.75, 3.05) is 6.01 Å². The Balaban J connectivity index is 1.85. The molecule has 0 aromatic rings. The number of ether oxygens (including phenoxy) is 1. The van der Waals surface area contributed by atoms with E-state index in [2.05, 4.69) is 6.58 Å². The van der Waals surface area contributed by atoms with Crippen LogP contribution in [0.3, 0.4) is 0 Å². The highest BCUT2D eigenvalue weighted by Crippen LogP contribution is 2.71. The third-order valence-electron chi connectivity index (χ3n) is 8.83. The standard InChI is InChI=1S/C25H30F2O5S/c1-5-20(30)32-25(21(31)33-13-26)14(2)10-18-17-7-6-15-11-16(28)8-9-22(15,3)24(17,27)19(29)12-23(18,25)4/h8-9,11,17-19,29H,2,5-7,10,12-13H2,1,3-4H3/t17?,18?,19-,22-,23-,24-,25-/m0/s1. The van der Waals surface area contributed by atoms with Gasteiger partial charge in [-0.15, -0.1) is 0 Å². The predicted octanol–water partition coefficient (Wildman–Crippen LogP) is 4.40. The van der Waals surface area contributed by atoms with Crippen molar-refractivity contribution in [2.45, 2.75) is 70.2 Å². The van der Waals surface area contributed by atoms with Gasteiger partial charge < -0.3 is 9.84 Å². The second-order valence-electron chi connectivity index (χ2n) is 10.1. The molecule has 0 aromatic heterocycles. The number of fused-ring (bicyclic) bond motifs is 5. The number of carbonyl (C=O) groups is 3. The van der Waals surface area contributed by atoms with Crippen molar-refractivity contribution in [1.82, 2.24) is 0 Å². The van der Waals surface area contributed by atoms with Crippen molar-refractivity contribution in [1.29, 1.82) is 0 Å². The number of esters is 1. The summed E-state index contributed by atoms with van der Waals surface area (Å²) < 4.78 is 36.2. The number of thioether (sulfide) groups is 1. The summed E-state index contributed by atoms with van der Waals surface area (Å²) in [4.78, 5) is 37.7. The van der Waals surface area contributed by atoms with E-state index in [0.29, 0.717) is 35.7 Å². The topological polar surface area (TPSA) is 80.7 Å². The molecule has 3 fully saturated rings. The molecule has 0 heterocycles. The van der Waals surface area contributed by atoms with Crippen LogP contribution < -0.4 is 0 Å². The van der Waals surface area contributed by atoms with Crippen LogP contribution in [-0.2, 0) is 19.1 Å². The quantitative estimate of drug-likeness (QED) is 0.475. The lowest BCUT2D eigenvalue weighted by Gasteiger charge is -2.62. The van der Waals surface area contributed by atoms with Crippen molar-refractivity contribution in [3.8, 4) is 0 Å². The zero-order valence-corrected chi connectivity index (χ0v) is 20.0. The van der Waals surface area contributed by atoms with Crippen LogP contribution >= 0.6 is 11.8 Å². The largest absolute Gasteiger partial charge is 0.445 e. The number of carbonyl (C=O) groups excluding carboxylic acids is 3. The number of hydrogen-bond acceptors (Lipinski definition) is 6. The normalized spacial score (nSPS) is 43.9. The van der Waals surface area contributed by atoms with Crippen LogP contribution in [0.1, 0.15) is 52.9 Å². The molecule has 4 rings (SSSR count). The van der Waals surface area contributed by atoms with Gasteiger partial charge in [-0.1, -0.05) is 32.1 Å². The van der Waals surface area contributed by atoms with E-state index in [1.807, 2.05) is 0 Å². The van der Waals surface area contributed by atoms with E-state index in [4.69, 9.17) is 4.74 Å². The molecule has 0 bridgehead atoms. The summed E-state index contributed by atoms with van der Waals surface area (Å²) in [6.07, 6.45) is 3.78. The van der Waals surface area contributed by atoms with Crippen LogP contribution in [0.15, 0.2) is 36.0 Å². The van der Waals surface area contributed by atoms with E-state index >= 15 is 4.39 Å². The molecule has 2 unspecified atom stereocenters. The van der Waals surface area contributed by atoms with Crippen molar-refractivity contribution in [3.63, 3.8) is 0 Å². The van der Waals surface area contributed by atoms with Gasteiger partial charge in [0.05, 0.1) is 6.10 Å². The maximum atomic E-state index is 17.2. The highest BCUT2D eigenvalue weighted by molar-refractivity contribution is 8.13. The monoisotopic (exact) mass is 480 g/mol. The van der Waals surface area contributed by atoms with E-state index in [1.54, 1.807) is 26.8 Å². The zero-order valence-electron chi connectivity index (χ0n) is 19.2. The minimum Gasteiger partial charge on any atom is -0.445 e. The van der Waals surface area contributed by atoms with Gasteiger partial charge in [0.1, 0.15) is 6.01 Å². The highest BCUT2D eigenvalue weighted by Gasteiger charge is 2.76. The molecule has 4 aliphatic carbocycles. The van der Waals surface area contributed by atoms with Gasteiger partial charge in [0, 0.05) is 23.2 Å². The molecule has 0 radical (unpaired) electrons. The molecule has 3 saturated carbocycles. The van der Waals surface area contributed by atoms with Crippen LogP contribution in [0.5, 0.6) is 0 Å². The highest BCUT2D eigenvalue weighted by atomic mass is 32.2. The minimum atomic E-state index is -2.08. The summed E-state index contributed by atoms with van der Waals surface area (Å²) in [5, 5.41) is 10.7. The van der Waals surface area contributed by atoms with Crippen LogP contribution in [0, 0.1) is 22.7 Å². The summed E-state index contributed by atoms with van der Waals surface area (Å²) in [5.41, 5.74) is -5.27. The number of aliphatic hydroxyl groups excluding tert-OH is 1. The Morgan fingerprint density at radius 2 is 2.03 bits per heavy atom. The van der Waals surface area contributed by atoms with Crippen molar-refractivity contribution >= 4 is 28.6 Å². The number of ketones is 1. The van der Waals surface area contributed by atoms with E-state index < -0.39 is 57.1 Å². The number of aliphatic hydroxyl groups is 1. The molecule has 0 aromatic carbocycles. The fourth-order valence-electron chi connectivity index (χ4n) is 7.16. The molecular weight excluding hydrogens is 450 g/mol. The summed E-state index contributed by atoms with van der Waals surface area (Å²) in [7, 11) is 0. The molecule has 8 heteroatoms. The fraction of sp³-hybridized carbons (Fsp3) is 0.640. The van der Waals surface area contributed by atoms with E-state index in [9.17, 15) is 23.9 Å². The van der Waals surface area contributed by atoms with Gasteiger partial charge in [-0.25, -0.2) is 8.78 Å². The molecule has 7 atom stereocenters. The second kappa shape index (κ2) is 7.87. The lowest BCUT2D eigenvalue weighted by molar-refractivity contribution is -0.220. The first-order valence-electron chi connectivity index (χ1n) is 11.4. The summed E-state index contributed by atoms with van der Waals surface area (Å²) in [6, 6.07) is -0.998. The average molecular weight is 481 g/mol. The summed E-state index contributed by atoms with van der Waals surface area (Å²) in [5.74, 6) is -1.97. The number of rotatable bonds is 4. The lowest BCUT2D eigenvalue weighted by atomic mass is 9.45. The van der Waals surface area contributed by atoms with Gasteiger partial charge in [-0.05, 0) is 68.0 Å². The van der Waals surface area contributed by atoms with Crippen molar-refractivity contribution in [3.05, 3.63) is 36.0 Å². The van der Waals surface area contributed by atoms with Gasteiger partial charge in [0.25, 0.3) is 0 Å². The molecule has 33 heavy (non-hydrogen) atoms. The van der Waals surface area contributed by atoms with Crippen molar-refractivity contribution in [2.24, 2.45) is 22.7 Å². The Hall–Kier alpha value is -1.80. The third kappa shape index (κ3) is 2.95. The number of halogens is 2. The van der Waals surface area contributed by atoms with E-state index in [0.717, 1.165) is 0 Å². The first-order valence-corrected chi connectivity index (χ1v) is 12.4. The maximum Gasteiger partial charge on any atom is 0.306 e. The fourth-order valence-corrected chi connectivity index (χ4v) is 7.88. The smallest absolute Gasteiger partial charge is 0.306 e. The molecule has 1 N–H and O–H groups in total. The molecule has 0 saturated heterocycles. The Kier molecular flexibility index (Phi) is 5.80. The Morgan fingerprint density at radius 1 is 1.33 bits per heavy atom. The Morgan fingerprint density at radius 3 is 2.67 bits per heavy atom. The molecule has 0 spiro atoms. The molecule has 4 aliphatic rings. The predicted molar refractivity (Wildman–Crippen MR) is 121 cm³/mol. The van der Waals surface area contributed by atoms with Crippen LogP contribution in [0.4, 0.5) is 8.78 Å². The van der Waals surface area contributed by atoms with Crippen LogP contribution in [-0.4, -0.2) is 45.4 Å². The first kappa shape index (κ1) is 24.3. The lowest BCUT2D eigenvalue weighted by Crippen LogP contribution is -2.69. The minimum absolute atomic E-state index is 0.00737. The molecule has 5 nitrogen and oxygen atoms in total. The van der Waals surface area contributed by atoms with E-state index in [1.165, 1.54) is 12.2 Å². The first-order chi connectivity index (χ1) is 15.4. The summed E-state index contributed by atoms with van der Waals surface area (Å²) in [6.45, 7) is 9.08. The number of alkyl halides is 2. The zero-order chi connectivity index (χ0) is 24.4. The van der Waals surface area contributed by atoms with Gasteiger partial charge in [0.15, 0.2) is 11.5 Å². The second-order valence-corrected chi connectivity index (χ2v) is 11.0. The number of hydrogen-bond donors (Lipinski definition) is 1.